The van der Waals surface area contributed by atoms with Crippen LogP contribution in [0, 0.1) is 0 Å². The number of ether oxygens (including phenoxy) is 1. The normalized spacial score (nSPS) is 15.0. The molecular formula is C19H23N5O. The SMILES string of the molecule is Cn1cc(CNCc2cc3ccccc3nc2N2CCOCC2)cn1. The zero-order chi connectivity index (χ0) is 17.1. The third kappa shape index (κ3) is 3.65. The van der Waals surface area contributed by atoms with Gasteiger partial charge in [-0.3, -0.25) is 4.68 Å². The fourth-order valence-electron chi connectivity index (χ4n) is 3.23. The Balaban J connectivity index is 1.58. The first-order valence-corrected chi connectivity index (χ1v) is 8.69. The number of hydrogen-bond donors (Lipinski definition) is 1. The van der Waals surface area contributed by atoms with E-state index in [1.54, 1.807) is 0 Å². The van der Waals surface area contributed by atoms with Gasteiger partial charge in [0.05, 0.1) is 24.9 Å². The van der Waals surface area contributed by atoms with Gasteiger partial charge in [-0.1, -0.05) is 18.2 Å². The Kier molecular flexibility index (Phi) is 4.63. The maximum absolute atomic E-state index is 5.50. The number of hydrogen-bond acceptors (Lipinski definition) is 5. The average molecular weight is 337 g/mol. The Morgan fingerprint density at radius 1 is 1.16 bits per heavy atom. The highest BCUT2D eigenvalue weighted by Gasteiger charge is 2.17. The number of benzene rings is 1. The molecule has 1 aliphatic rings. The standard InChI is InChI=1S/C19H23N5O/c1-23-14-15(12-21-23)11-20-13-17-10-16-4-2-3-5-18(16)22-19(17)24-6-8-25-9-7-24/h2-5,10,12,14,20H,6-9,11,13H2,1H3. The molecule has 4 rings (SSSR count). The number of aryl methyl sites for hydroxylation is 1. The van der Waals surface area contributed by atoms with Gasteiger partial charge in [-0.2, -0.15) is 5.10 Å². The van der Waals surface area contributed by atoms with Crippen LogP contribution in [0.1, 0.15) is 11.1 Å². The van der Waals surface area contributed by atoms with Crippen LogP contribution in [0.5, 0.6) is 0 Å². The number of aromatic nitrogens is 3. The molecule has 2 aromatic heterocycles. The molecule has 0 aliphatic carbocycles. The van der Waals surface area contributed by atoms with Gasteiger partial charge >= 0.3 is 0 Å². The summed E-state index contributed by atoms with van der Waals surface area (Å²) in [6.07, 6.45) is 3.93. The molecule has 1 fully saturated rings. The van der Waals surface area contributed by atoms with Crippen LogP contribution in [0.2, 0.25) is 0 Å². The molecule has 6 heteroatoms. The van der Waals surface area contributed by atoms with E-state index in [4.69, 9.17) is 9.72 Å². The maximum atomic E-state index is 5.50. The lowest BCUT2D eigenvalue weighted by molar-refractivity contribution is 0.122. The molecule has 0 spiro atoms. The highest BCUT2D eigenvalue weighted by molar-refractivity contribution is 5.81. The molecule has 0 radical (unpaired) electrons. The summed E-state index contributed by atoms with van der Waals surface area (Å²) in [6, 6.07) is 10.6. The fourth-order valence-corrected chi connectivity index (χ4v) is 3.23. The highest BCUT2D eigenvalue weighted by atomic mass is 16.5. The minimum absolute atomic E-state index is 0.761. The summed E-state index contributed by atoms with van der Waals surface area (Å²) in [5.41, 5.74) is 3.45. The second kappa shape index (κ2) is 7.21. The molecular weight excluding hydrogens is 314 g/mol. The van der Waals surface area contributed by atoms with Crippen molar-refractivity contribution in [3.05, 3.63) is 53.9 Å². The first-order valence-electron chi connectivity index (χ1n) is 8.69. The second-order valence-corrected chi connectivity index (χ2v) is 6.39. The summed E-state index contributed by atoms with van der Waals surface area (Å²) >= 11 is 0. The summed E-state index contributed by atoms with van der Waals surface area (Å²) in [7, 11) is 1.94. The molecule has 3 heterocycles. The number of pyridine rings is 1. The third-order valence-electron chi connectivity index (χ3n) is 4.49. The Labute approximate surface area is 147 Å². The van der Waals surface area contributed by atoms with Crippen LogP contribution in [-0.2, 0) is 24.9 Å². The van der Waals surface area contributed by atoms with Crippen LogP contribution in [0.15, 0.2) is 42.7 Å². The van der Waals surface area contributed by atoms with E-state index >= 15 is 0 Å². The first kappa shape index (κ1) is 16.1. The van der Waals surface area contributed by atoms with E-state index in [-0.39, 0.29) is 0 Å². The second-order valence-electron chi connectivity index (χ2n) is 6.39. The number of rotatable bonds is 5. The number of para-hydroxylation sites is 1. The van der Waals surface area contributed by atoms with Crippen LogP contribution in [-0.4, -0.2) is 41.1 Å². The highest BCUT2D eigenvalue weighted by Crippen LogP contribution is 2.24. The monoisotopic (exact) mass is 337 g/mol. The predicted octanol–water partition coefficient (Wildman–Crippen LogP) is 2.09. The van der Waals surface area contributed by atoms with Crippen molar-refractivity contribution in [1.82, 2.24) is 20.1 Å². The Hall–Kier alpha value is -2.44. The molecule has 0 amide bonds. The zero-order valence-corrected chi connectivity index (χ0v) is 14.5. The lowest BCUT2D eigenvalue weighted by Crippen LogP contribution is -2.37. The fraction of sp³-hybridized carbons (Fsp3) is 0.368. The quantitative estimate of drug-likeness (QED) is 0.773. The van der Waals surface area contributed by atoms with Gasteiger partial charge in [-0.05, 0) is 12.1 Å². The first-order chi connectivity index (χ1) is 12.3. The molecule has 0 unspecified atom stereocenters. The van der Waals surface area contributed by atoms with Crippen LogP contribution >= 0.6 is 0 Å². The summed E-state index contributed by atoms with van der Waals surface area (Å²) in [6.45, 7) is 4.87. The van der Waals surface area contributed by atoms with Crippen LogP contribution < -0.4 is 10.2 Å². The van der Waals surface area contributed by atoms with Crippen molar-refractivity contribution < 1.29 is 4.74 Å². The van der Waals surface area contributed by atoms with Crippen molar-refractivity contribution in [3.63, 3.8) is 0 Å². The molecule has 0 bridgehead atoms. The Morgan fingerprint density at radius 2 is 2.00 bits per heavy atom. The number of morpholine rings is 1. The number of fused-ring (bicyclic) bond motifs is 1. The van der Waals surface area contributed by atoms with Gasteiger partial charge in [0.2, 0.25) is 0 Å². The minimum Gasteiger partial charge on any atom is -0.378 e. The van der Waals surface area contributed by atoms with Gasteiger partial charge in [0.15, 0.2) is 0 Å². The van der Waals surface area contributed by atoms with Crippen molar-refractivity contribution in [1.29, 1.82) is 0 Å². The van der Waals surface area contributed by atoms with Crippen molar-refractivity contribution in [2.45, 2.75) is 13.1 Å². The Morgan fingerprint density at radius 3 is 2.80 bits per heavy atom. The largest absolute Gasteiger partial charge is 0.378 e. The van der Waals surface area contributed by atoms with E-state index in [0.717, 1.165) is 50.7 Å². The molecule has 130 valence electrons. The molecule has 1 aliphatic heterocycles. The number of nitrogens with zero attached hydrogens (tertiary/aromatic N) is 4. The maximum Gasteiger partial charge on any atom is 0.133 e. The zero-order valence-electron chi connectivity index (χ0n) is 14.5. The van der Waals surface area contributed by atoms with Gasteiger partial charge in [-0.15, -0.1) is 0 Å². The summed E-state index contributed by atoms with van der Waals surface area (Å²) in [4.78, 5) is 7.27. The van der Waals surface area contributed by atoms with Crippen molar-refractivity contribution in [2.24, 2.45) is 7.05 Å². The minimum atomic E-state index is 0.761. The van der Waals surface area contributed by atoms with Crippen LogP contribution in [0.25, 0.3) is 10.9 Å². The number of nitrogens with one attached hydrogen (secondary N) is 1. The van der Waals surface area contributed by atoms with E-state index in [1.165, 1.54) is 16.5 Å². The smallest absolute Gasteiger partial charge is 0.133 e. The summed E-state index contributed by atoms with van der Waals surface area (Å²) in [5.74, 6) is 1.07. The van der Waals surface area contributed by atoms with E-state index in [2.05, 4.69) is 39.6 Å². The van der Waals surface area contributed by atoms with E-state index in [1.807, 2.05) is 30.2 Å². The molecule has 3 aromatic rings. The van der Waals surface area contributed by atoms with Crippen molar-refractivity contribution in [3.8, 4) is 0 Å². The van der Waals surface area contributed by atoms with E-state index in [9.17, 15) is 0 Å². The molecule has 25 heavy (non-hydrogen) atoms. The molecule has 0 atom stereocenters. The molecule has 0 saturated carbocycles. The van der Waals surface area contributed by atoms with Gasteiger partial charge < -0.3 is 15.0 Å². The van der Waals surface area contributed by atoms with Crippen molar-refractivity contribution >= 4 is 16.7 Å². The van der Waals surface area contributed by atoms with Crippen LogP contribution in [0.4, 0.5) is 5.82 Å². The predicted molar refractivity (Wildman–Crippen MR) is 98.5 cm³/mol. The van der Waals surface area contributed by atoms with E-state index < -0.39 is 0 Å². The van der Waals surface area contributed by atoms with Crippen LogP contribution in [0.3, 0.4) is 0 Å². The summed E-state index contributed by atoms with van der Waals surface area (Å²) in [5, 5.41) is 8.92. The van der Waals surface area contributed by atoms with Gasteiger partial charge in [-0.25, -0.2) is 4.98 Å². The Bertz CT molecular complexity index is 854. The average Bonchev–Trinajstić information content (AvgIpc) is 3.07. The topological polar surface area (TPSA) is 55.2 Å². The third-order valence-corrected chi connectivity index (χ3v) is 4.49. The van der Waals surface area contributed by atoms with Gasteiger partial charge in [0.1, 0.15) is 5.82 Å². The molecule has 6 nitrogen and oxygen atoms in total. The van der Waals surface area contributed by atoms with Gasteiger partial charge in [0.25, 0.3) is 0 Å². The molecule has 1 aromatic carbocycles. The van der Waals surface area contributed by atoms with Crippen molar-refractivity contribution in [2.75, 3.05) is 31.2 Å². The summed E-state index contributed by atoms with van der Waals surface area (Å²) < 4.78 is 7.32. The van der Waals surface area contributed by atoms with Gasteiger partial charge in [0, 0.05) is 55.9 Å². The van der Waals surface area contributed by atoms with E-state index in [0.29, 0.717) is 0 Å². The number of anilines is 1. The molecule has 1 N–H and O–H groups in total. The molecule has 1 saturated heterocycles. The lowest BCUT2D eigenvalue weighted by Gasteiger charge is -2.30. The lowest BCUT2D eigenvalue weighted by atomic mass is 10.1.